The Hall–Kier alpha value is -2.17. The van der Waals surface area contributed by atoms with Gasteiger partial charge in [-0.2, -0.15) is 0 Å². The molecular formula is C17H21NO4. The maximum Gasteiger partial charge on any atom is 0.303 e. The highest BCUT2D eigenvalue weighted by atomic mass is 16.4. The average molecular weight is 303 g/mol. The number of benzene rings is 1. The van der Waals surface area contributed by atoms with Crippen LogP contribution in [0.3, 0.4) is 0 Å². The van der Waals surface area contributed by atoms with Gasteiger partial charge in [-0.05, 0) is 44.2 Å². The highest BCUT2D eigenvalue weighted by Gasteiger charge is 2.24. The first kappa shape index (κ1) is 16.2. The molecule has 1 N–H and O–H groups in total. The third kappa shape index (κ3) is 4.16. The smallest absolute Gasteiger partial charge is 0.303 e. The maximum absolute atomic E-state index is 12.5. The monoisotopic (exact) mass is 303 g/mol. The van der Waals surface area contributed by atoms with Crippen LogP contribution in [0, 0.1) is 5.92 Å². The number of ketones is 1. The van der Waals surface area contributed by atoms with Gasteiger partial charge < -0.3 is 10.0 Å². The van der Waals surface area contributed by atoms with Crippen LogP contribution in [-0.4, -0.2) is 40.8 Å². The van der Waals surface area contributed by atoms with E-state index in [9.17, 15) is 14.4 Å². The number of likely N-dealkylation sites (tertiary alicyclic amines) is 1. The third-order valence-electron chi connectivity index (χ3n) is 4.11. The van der Waals surface area contributed by atoms with Crippen LogP contribution in [-0.2, 0) is 4.79 Å². The number of carboxylic acids is 1. The van der Waals surface area contributed by atoms with E-state index in [1.807, 2.05) is 0 Å². The minimum absolute atomic E-state index is 0.0225. The molecule has 2 rings (SSSR count). The highest BCUT2D eigenvalue weighted by Crippen LogP contribution is 2.22. The van der Waals surface area contributed by atoms with E-state index in [4.69, 9.17) is 5.11 Å². The summed E-state index contributed by atoms with van der Waals surface area (Å²) in [5.74, 6) is -0.602. The Kier molecular flexibility index (Phi) is 5.31. The van der Waals surface area contributed by atoms with Gasteiger partial charge in [-0.25, -0.2) is 0 Å². The molecule has 1 fully saturated rings. The molecule has 0 radical (unpaired) electrons. The van der Waals surface area contributed by atoms with Crippen molar-refractivity contribution in [3.8, 4) is 0 Å². The fourth-order valence-electron chi connectivity index (χ4n) is 2.84. The van der Waals surface area contributed by atoms with Gasteiger partial charge in [-0.3, -0.25) is 14.4 Å². The number of amides is 1. The van der Waals surface area contributed by atoms with Crippen LogP contribution < -0.4 is 0 Å². The van der Waals surface area contributed by atoms with Crippen molar-refractivity contribution >= 4 is 17.7 Å². The number of hydrogen-bond acceptors (Lipinski definition) is 3. The van der Waals surface area contributed by atoms with Gasteiger partial charge >= 0.3 is 5.97 Å². The molecular weight excluding hydrogens is 282 g/mol. The van der Waals surface area contributed by atoms with Gasteiger partial charge in [0.15, 0.2) is 5.78 Å². The van der Waals surface area contributed by atoms with Crippen LogP contribution in [0.25, 0.3) is 0 Å². The summed E-state index contributed by atoms with van der Waals surface area (Å²) in [6.07, 6.45) is 2.64. The topological polar surface area (TPSA) is 74.7 Å². The van der Waals surface area contributed by atoms with E-state index in [1.54, 1.807) is 29.2 Å². The van der Waals surface area contributed by atoms with Gasteiger partial charge in [0.1, 0.15) is 0 Å². The molecule has 22 heavy (non-hydrogen) atoms. The minimum atomic E-state index is -0.789. The zero-order valence-electron chi connectivity index (χ0n) is 12.7. The number of hydrogen-bond donors (Lipinski definition) is 1. The molecule has 1 aromatic rings. The van der Waals surface area contributed by atoms with Crippen molar-refractivity contribution in [1.82, 2.24) is 4.90 Å². The van der Waals surface area contributed by atoms with Crippen LogP contribution in [0.4, 0.5) is 0 Å². The molecule has 0 spiro atoms. The number of carbonyl (C=O) groups is 3. The molecule has 1 unspecified atom stereocenters. The Bertz CT molecular complexity index is 565. The van der Waals surface area contributed by atoms with Gasteiger partial charge in [0, 0.05) is 30.6 Å². The fraction of sp³-hybridized carbons (Fsp3) is 0.471. The van der Waals surface area contributed by atoms with Crippen molar-refractivity contribution in [1.29, 1.82) is 0 Å². The number of rotatable bonds is 5. The van der Waals surface area contributed by atoms with E-state index in [2.05, 4.69) is 0 Å². The van der Waals surface area contributed by atoms with Crippen molar-refractivity contribution in [2.75, 3.05) is 13.1 Å². The van der Waals surface area contributed by atoms with E-state index in [-0.39, 0.29) is 24.0 Å². The highest BCUT2D eigenvalue weighted by molar-refractivity contribution is 5.97. The van der Waals surface area contributed by atoms with Crippen LogP contribution in [0.1, 0.15) is 53.3 Å². The van der Waals surface area contributed by atoms with E-state index < -0.39 is 5.97 Å². The first-order valence-corrected chi connectivity index (χ1v) is 7.59. The molecule has 1 saturated heterocycles. The zero-order chi connectivity index (χ0) is 16.1. The summed E-state index contributed by atoms with van der Waals surface area (Å²) in [4.78, 5) is 36.2. The number of carbonyl (C=O) groups excluding carboxylic acids is 2. The molecule has 1 aliphatic heterocycles. The normalized spacial score (nSPS) is 18.0. The number of aliphatic carboxylic acids is 1. The van der Waals surface area contributed by atoms with Gasteiger partial charge in [-0.15, -0.1) is 0 Å². The van der Waals surface area contributed by atoms with Gasteiger partial charge in [0.25, 0.3) is 5.91 Å². The summed E-state index contributed by atoms with van der Waals surface area (Å²) in [6.45, 7) is 2.81. The number of carboxylic acid groups (broad SMARTS) is 1. The Balaban J connectivity index is 1.99. The van der Waals surface area contributed by atoms with E-state index >= 15 is 0 Å². The summed E-state index contributed by atoms with van der Waals surface area (Å²) >= 11 is 0. The summed E-state index contributed by atoms with van der Waals surface area (Å²) in [5, 5.41) is 8.76. The van der Waals surface area contributed by atoms with Crippen molar-refractivity contribution in [2.45, 2.75) is 32.6 Å². The lowest BCUT2D eigenvalue weighted by Gasteiger charge is -2.32. The zero-order valence-corrected chi connectivity index (χ0v) is 12.7. The molecule has 1 amide bonds. The first-order valence-electron chi connectivity index (χ1n) is 7.59. The summed E-state index contributed by atoms with van der Waals surface area (Å²) in [7, 11) is 0. The first-order chi connectivity index (χ1) is 10.5. The second-order valence-electron chi connectivity index (χ2n) is 5.83. The summed E-state index contributed by atoms with van der Waals surface area (Å²) < 4.78 is 0. The SMILES string of the molecule is CC(=O)c1ccc(C(=O)N2CCCC(CCC(=O)O)C2)cc1. The van der Waals surface area contributed by atoms with Crippen molar-refractivity contribution in [3.05, 3.63) is 35.4 Å². The van der Waals surface area contributed by atoms with E-state index in [1.165, 1.54) is 6.92 Å². The lowest BCUT2D eigenvalue weighted by Crippen LogP contribution is -2.40. The number of piperidine rings is 1. The van der Waals surface area contributed by atoms with Crippen LogP contribution in [0.2, 0.25) is 0 Å². The molecule has 0 bridgehead atoms. The van der Waals surface area contributed by atoms with Gasteiger partial charge in [0.2, 0.25) is 0 Å². The number of nitrogens with zero attached hydrogens (tertiary/aromatic N) is 1. The maximum atomic E-state index is 12.5. The van der Waals surface area contributed by atoms with E-state index in [0.717, 1.165) is 12.8 Å². The number of Topliss-reactive ketones (excluding diaryl/α,β-unsaturated/α-hetero) is 1. The lowest BCUT2D eigenvalue weighted by molar-refractivity contribution is -0.137. The van der Waals surface area contributed by atoms with Crippen LogP contribution in [0.15, 0.2) is 24.3 Å². The minimum Gasteiger partial charge on any atom is -0.481 e. The standard InChI is InChI=1S/C17H21NO4/c1-12(19)14-5-7-15(8-6-14)17(22)18-10-2-3-13(11-18)4-9-16(20)21/h5-8,13H,2-4,9-11H2,1H3,(H,20,21). The Morgan fingerprint density at radius 3 is 2.41 bits per heavy atom. The predicted octanol–water partition coefficient (Wildman–Crippen LogP) is 2.61. The fourth-order valence-corrected chi connectivity index (χ4v) is 2.84. The predicted molar refractivity (Wildman–Crippen MR) is 81.9 cm³/mol. The second kappa shape index (κ2) is 7.20. The van der Waals surface area contributed by atoms with Gasteiger partial charge in [0.05, 0.1) is 0 Å². The second-order valence-corrected chi connectivity index (χ2v) is 5.83. The molecule has 1 atom stereocenters. The Morgan fingerprint density at radius 2 is 1.82 bits per heavy atom. The quantitative estimate of drug-likeness (QED) is 0.848. The largest absolute Gasteiger partial charge is 0.481 e. The van der Waals surface area contributed by atoms with Crippen molar-refractivity contribution in [3.63, 3.8) is 0 Å². The molecule has 1 aliphatic rings. The molecule has 0 aromatic heterocycles. The molecule has 5 heteroatoms. The molecule has 1 heterocycles. The average Bonchev–Trinajstić information content (AvgIpc) is 2.52. The van der Waals surface area contributed by atoms with Crippen molar-refractivity contribution in [2.24, 2.45) is 5.92 Å². The Morgan fingerprint density at radius 1 is 1.18 bits per heavy atom. The molecule has 118 valence electrons. The molecule has 5 nitrogen and oxygen atoms in total. The van der Waals surface area contributed by atoms with Crippen molar-refractivity contribution < 1.29 is 19.5 Å². The lowest BCUT2D eigenvalue weighted by atomic mass is 9.93. The molecule has 0 saturated carbocycles. The third-order valence-corrected chi connectivity index (χ3v) is 4.11. The summed E-state index contributed by atoms with van der Waals surface area (Å²) in [5.41, 5.74) is 1.17. The van der Waals surface area contributed by atoms with Crippen LogP contribution >= 0.6 is 0 Å². The van der Waals surface area contributed by atoms with Crippen LogP contribution in [0.5, 0.6) is 0 Å². The van der Waals surface area contributed by atoms with Gasteiger partial charge in [-0.1, -0.05) is 12.1 Å². The summed E-state index contributed by atoms with van der Waals surface area (Å²) in [6, 6.07) is 6.70. The van der Waals surface area contributed by atoms with E-state index in [0.29, 0.717) is 30.6 Å². The molecule has 0 aliphatic carbocycles. The Labute approximate surface area is 129 Å². The molecule has 1 aromatic carbocycles.